The summed E-state index contributed by atoms with van der Waals surface area (Å²) in [6.07, 6.45) is 0.882. The Morgan fingerprint density at radius 1 is 1.36 bits per heavy atom. The first-order valence-corrected chi connectivity index (χ1v) is 10.4. The summed E-state index contributed by atoms with van der Waals surface area (Å²) in [6.45, 7) is 10.8. The van der Waals surface area contributed by atoms with Crippen molar-refractivity contribution >= 4 is 51.8 Å². The second-order valence-corrected chi connectivity index (χ2v) is 8.00. The highest BCUT2D eigenvalue weighted by Crippen LogP contribution is 2.24. The van der Waals surface area contributed by atoms with E-state index < -0.39 is 0 Å². The lowest BCUT2D eigenvalue weighted by atomic mass is 10.2. The van der Waals surface area contributed by atoms with Crippen molar-refractivity contribution < 1.29 is 9.53 Å². The average molecular weight is 567 g/mol. The fraction of sp³-hybridized carbons (Fsp3) is 0.600. The van der Waals surface area contributed by atoms with Gasteiger partial charge in [0.1, 0.15) is 11.9 Å². The van der Waals surface area contributed by atoms with Crippen molar-refractivity contribution in [1.29, 1.82) is 0 Å². The Morgan fingerprint density at radius 3 is 2.71 bits per heavy atom. The number of amides is 1. The number of hydrogen-bond acceptors (Lipinski definition) is 3. The quantitative estimate of drug-likeness (QED) is 0.300. The molecule has 1 heterocycles. The van der Waals surface area contributed by atoms with Crippen molar-refractivity contribution in [2.75, 3.05) is 26.2 Å². The molecule has 0 bridgehead atoms. The van der Waals surface area contributed by atoms with Crippen LogP contribution in [0.4, 0.5) is 0 Å². The minimum Gasteiger partial charge on any atom is -0.488 e. The van der Waals surface area contributed by atoms with E-state index in [1.165, 1.54) is 0 Å². The molecular formula is C20H32BrIN4O2. The van der Waals surface area contributed by atoms with Gasteiger partial charge >= 0.3 is 0 Å². The average Bonchev–Trinajstić information content (AvgIpc) is 3.09. The van der Waals surface area contributed by atoms with Crippen LogP contribution in [0.25, 0.3) is 0 Å². The van der Waals surface area contributed by atoms with Crippen LogP contribution in [0.1, 0.15) is 34.1 Å². The number of guanidine groups is 1. The molecule has 0 aliphatic carbocycles. The van der Waals surface area contributed by atoms with E-state index in [1.54, 1.807) is 0 Å². The van der Waals surface area contributed by atoms with Crippen molar-refractivity contribution in [1.82, 2.24) is 15.5 Å². The lowest BCUT2D eigenvalue weighted by molar-refractivity contribution is -0.133. The van der Waals surface area contributed by atoms with E-state index in [1.807, 2.05) is 56.9 Å². The highest BCUT2D eigenvalue weighted by Gasteiger charge is 2.28. The molecule has 0 spiro atoms. The number of carbonyl (C=O) groups is 1. The van der Waals surface area contributed by atoms with Gasteiger partial charge in [0.05, 0.1) is 11.0 Å². The largest absolute Gasteiger partial charge is 0.488 e. The topological polar surface area (TPSA) is 66.0 Å². The van der Waals surface area contributed by atoms with Crippen LogP contribution in [0.2, 0.25) is 0 Å². The minimum atomic E-state index is -0.0539. The minimum absolute atomic E-state index is 0. The van der Waals surface area contributed by atoms with E-state index in [0.29, 0.717) is 6.54 Å². The van der Waals surface area contributed by atoms with Crippen LogP contribution in [0.5, 0.6) is 5.75 Å². The van der Waals surface area contributed by atoms with E-state index in [2.05, 4.69) is 31.6 Å². The summed E-state index contributed by atoms with van der Waals surface area (Å²) in [6, 6.07) is 8.03. The third-order valence-corrected chi connectivity index (χ3v) is 5.01. The molecule has 1 saturated heterocycles. The maximum absolute atomic E-state index is 12.2. The number of hydrogen-bond donors (Lipinski definition) is 2. The van der Waals surface area contributed by atoms with Crippen LogP contribution in [0, 0.1) is 5.92 Å². The first kappa shape index (κ1) is 25.0. The Hall–Kier alpha value is -1.03. The SMILES string of the molecule is CCNC(=NCC(C)Oc1ccccc1Br)NC1CCN(C(=O)C(C)C)C1.I. The van der Waals surface area contributed by atoms with Crippen LogP contribution < -0.4 is 15.4 Å². The van der Waals surface area contributed by atoms with Gasteiger partial charge in [0, 0.05) is 31.6 Å². The number of benzene rings is 1. The van der Waals surface area contributed by atoms with Gasteiger partial charge in [-0.3, -0.25) is 4.79 Å². The normalized spacial score (nSPS) is 17.9. The summed E-state index contributed by atoms with van der Waals surface area (Å²) in [7, 11) is 0. The van der Waals surface area contributed by atoms with Gasteiger partial charge in [0.25, 0.3) is 0 Å². The van der Waals surface area contributed by atoms with Crippen LogP contribution in [-0.4, -0.2) is 55.1 Å². The molecule has 1 amide bonds. The second-order valence-electron chi connectivity index (χ2n) is 7.15. The molecular weight excluding hydrogens is 535 g/mol. The van der Waals surface area contributed by atoms with Gasteiger partial charge in [0.15, 0.2) is 5.96 Å². The molecule has 1 aliphatic heterocycles. The maximum atomic E-state index is 12.2. The standard InChI is InChI=1S/C20H31BrN4O2.HI/c1-5-22-20(24-16-10-11-25(13-16)19(26)14(2)3)23-12-15(4)27-18-9-7-6-8-17(18)21;/h6-9,14-16H,5,10-13H2,1-4H3,(H2,22,23,24);1H. The number of para-hydroxylation sites is 1. The molecule has 2 atom stereocenters. The van der Waals surface area contributed by atoms with E-state index in [-0.39, 0.29) is 47.9 Å². The summed E-state index contributed by atoms with van der Waals surface area (Å²) >= 11 is 3.50. The smallest absolute Gasteiger partial charge is 0.225 e. The van der Waals surface area contributed by atoms with Gasteiger partial charge in [0.2, 0.25) is 5.91 Å². The maximum Gasteiger partial charge on any atom is 0.225 e. The fourth-order valence-corrected chi connectivity index (χ4v) is 3.35. The Bertz CT molecular complexity index is 657. The Morgan fingerprint density at radius 2 is 2.07 bits per heavy atom. The molecule has 1 aliphatic rings. The third kappa shape index (κ3) is 7.77. The zero-order chi connectivity index (χ0) is 19.8. The molecule has 0 saturated carbocycles. The van der Waals surface area contributed by atoms with Crippen molar-refractivity contribution in [3.63, 3.8) is 0 Å². The van der Waals surface area contributed by atoms with Crippen molar-refractivity contribution in [3.8, 4) is 5.75 Å². The molecule has 2 N–H and O–H groups in total. The number of nitrogens with one attached hydrogen (secondary N) is 2. The molecule has 2 unspecified atom stereocenters. The van der Waals surface area contributed by atoms with E-state index in [0.717, 1.165) is 42.2 Å². The molecule has 0 radical (unpaired) electrons. The predicted molar refractivity (Wildman–Crippen MR) is 129 cm³/mol. The van der Waals surface area contributed by atoms with Gasteiger partial charge in [-0.1, -0.05) is 26.0 Å². The second kappa shape index (κ2) is 12.5. The molecule has 1 fully saturated rings. The van der Waals surface area contributed by atoms with Crippen molar-refractivity contribution in [3.05, 3.63) is 28.7 Å². The molecule has 1 aromatic rings. The number of rotatable bonds is 7. The van der Waals surface area contributed by atoms with Crippen LogP contribution in [-0.2, 0) is 4.79 Å². The fourth-order valence-electron chi connectivity index (χ4n) is 2.97. The Labute approximate surface area is 194 Å². The number of likely N-dealkylation sites (tertiary alicyclic amines) is 1. The van der Waals surface area contributed by atoms with Crippen LogP contribution in [0.15, 0.2) is 33.7 Å². The summed E-state index contributed by atoms with van der Waals surface area (Å²) in [5.74, 6) is 1.85. The molecule has 158 valence electrons. The Balaban J connectivity index is 0.00000392. The predicted octanol–water partition coefficient (Wildman–Crippen LogP) is 3.65. The van der Waals surface area contributed by atoms with E-state index in [9.17, 15) is 4.79 Å². The van der Waals surface area contributed by atoms with Gasteiger partial charge in [-0.25, -0.2) is 4.99 Å². The molecule has 8 heteroatoms. The number of halogens is 2. The van der Waals surface area contributed by atoms with E-state index in [4.69, 9.17) is 4.74 Å². The zero-order valence-electron chi connectivity index (χ0n) is 17.1. The van der Waals surface area contributed by atoms with Gasteiger partial charge in [-0.05, 0) is 48.3 Å². The van der Waals surface area contributed by atoms with E-state index >= 15 is 0 Å². The Kier molecular flexibility index (Phi) is 11.2. The van der Waals surface area contributed by atoms with Crippen LogP contribution >= 0.6 is 39.9 Å². The number of ether oxygens (including phenoxy) is 1. The first-order valence-electron chi connectivity index (χ1n) is 9.65. The number of aliphatic imine (C=N–C) groups is 1. The molecule has 0 aromatic heterocycles. The summed E-state index contributed by atoms with van der Waals surface area (Å²) in [4.78, 5) is 18.7. The van der Waals surface area contributed by atoms with Crippen molar-refractivity contribution in [2.45, 2.75) is 46.3 Å². The monoisotopic (exact) mass is 566 g/mol. The molecule has 2 rings (SSSR count). The van der Waals surface area contributed by atoms with Crippen molar-refractivity contribution in [2.24, 2.45) is 10.9 Å². The van der Waals surface area contributed by atoms with Gasteiger partial charge in [-0.2, -0.15) is 0 Å². The lowest BCUT2D eigenvalue weighted by Gasteiger charge is -2.21. The van der Waals surface area contributed by atoms with Crippen LogP contribution in [0.3, 0.4) is 0 Å². The number of nitrogens with zero attached hydrogens (tertiary/aromatic N) is 2. The highest BCUT2D eigenvalue weighted by molar-refractivity contribution is 14.0. The molecule has 6 nitrogen and oxygen atoms in total. The summed E-state index contributed by atoms with van der Waals surface area (Å²) in [5, 5.41) is 6.73. The molecule has 28 heavy (non-hydrogen) atoms. The third-order valence-electron chi connectivity index (χ3n) is 4.35. The summed E-state index contributed by atoms with van der Waals surface area (Å²) in [5.41, 5.74) is 0. The van der Waals surface area contributed by atoms with Gasteiger partial charge < -0.3 is 20.3 Å². The van der Waals surface area contributed by atoms with Gasteiger partial charge in [-0.15, -0.1) is 24.0 Å². The number of carbonyl (C=O) groups excluding carboxylic acids is 1. The summed E-state index contributed by atoms with van der Waals surface area (Å²) < 4.78 is 6.89. The highest BCUT2D eigenvalue weighted by atomic mass is 127. The molecule has 1 aromatic carbocycles. The first-order chi connectivity index (χ1) is 12.9. The zero-order valence-corrected chi connectivity index (χ0v) is 21.0. The lowest BCUT2D eigenvalue weighted by Crippen LogP contribution is -2.45.